The summed E-state index contributed by atoms with van der Waals surface area (Å²) in [6, 6.07) is 0. The van der Waals surface area contributed by atoms with Gasteiger partial charge in [-0.25, -0.2) is 0 Å². The van der Waals surface area contributed by atoms with Crippen molar-refractivity contribution in [2.45, 2.75) is 284 Å². The second kappa shape index (κ2) is 60.6. The summed E-state index contributed by atoms with van der Waals surface area (Å²) < 4.78 is 16.8. The molecule has 0 aromatic rings. The molecule has 6 nitrogen and oxygen atoms in total. The summed E-state index contributed by atoms with van der Waals surface area (Å²) in [5.41, 5.74) is 0. The zero-order valence-electron chi connectivity index (χ0n) is 47.6. The number of hydrogen-bond donors (Lipinski definition) is 0. The van der Waals surface area contributed by atoms with E-state index in [2.05, 4.69) is 124 Å². The molecule has 416 valence electrons. The number of ether oxygens (including phenoxy) is 3. The van der Waals surface area contributed by atoms with E-state index in [0.717, 1.165) is 103 Å². The van der Waals surface area contributed by atoms with Gasteiger partial charge < -0.3 is 14.2 Å². The maximum atomic E-state index is 12.9. The molecular formula is C67H112O6. The number of carbonyl (C=O) groups is 3. The molecule has 0 bridgehead atoms. The first kappa shape index (κ1) is 69.1. The third-order valence-electron chi connectivity index (χ3n) is 12.8. The average molecular weight is 1010 g/mol. The highest BCUT2D eigenvalue weighted by molar-refractivity contribution is 5.71. The molecular weight excluding hydrogens is 901 g/mol. The van der Waals surface area contributed by atoms with Crippen molar-refractivity contribution in [1.29, 1.82) is 0 Å². The number of unbranched alkanes of at least 4 members (excludes halogenated alkanes) is 25. The number of esters is 3. The number of rotatable bonds is 54. The lowest BCUT2D eigenvalue weighted by Crippen LogP contribution is -2.30. The van der Waals surface area contributed by atoms with Gasteiger partial charge in [-0.05, 0) is 96.3 Å². The van der Waals surface area contributed by atoms with Crippen molar-refractivity contribution >= 4 is 17.9 Å². The van der Waals surface area contributed by atoms with Crippen molar-refractivity contribution in [2.24, 2.45) is 0 Å². The lowest BCUT2D eigenvalue weighted by atomic mass is 10.0. The Bertz CT molecular complexity index is 1490. The Morgan fingerprint density at radius 2 is 0.562 bits per heavy atom. The van der Waals surface area contributed by atoms with Crippen molar-refractivity contribution < 1.29 is 28.6 Å². The summed E-state index contributed by atoms with van der Waals surface area (Å²) in [6.07, 6.45) is 82.4. The van der Waals surface area contributed by atoms with E-state index in [-0.39, 0.29) is 44.0 Å². The van der Waals surface area contributed by atoms with Crippen molar-refractivity contribution in [3.63, 3.8) is 0 Å². The highest BCUT2D eigenvalue weighted by Crippen LogP contribution is 2.16. The van der Waals surface area contributed by atoms with Crippen LogP contribution in [0.25, 0.3) is 0 Å². The van der Waals surface area contributed by atoms with Gasteiger partial charge in [-0.15, -0.1) is 0 Å². The van der Waals surface area contributed by atoms with E-state index in [0.29, 0.717) is 12.8 Å². The van der Waals surface area contributed by atoms with Gasteiger partial charge in [0.05, 0.1) is 0 Å². The lowest BCUT2D eigenvalue weighted by Gasteiger charge is -2.18. The quantitative estimate of drug-likeness (QED) is 0.0261. The largest absolute Gasteiger partial charge is 0.462 e. The first-order valence-corrected chi connectivity index (χ1v) is 30.4. The zero-order valence-corrected chi connectivity index (χ0v) is 47.6. The molecule has 0 fully saturated rings. The first-order valence-electron chi connectivity index (χ1n) is 30.4. The molecule has 0 aliphatic carbocycles. The van der Waals surface area contributed by atoms with E-state index in [1.807, 2.05) is 6.08 Å². The standard InChI is InChI=1S/C67H112O6/c1-4-7-10-13-16-19-22-25-28-31-33-36-38-41-44-47-50-53-56-59-65(68)71-62-64(73-67(70)61-58-55-52-49-46-43-40-35-30-27-24-21-18-15-12-9-6-3)63-72-66(69)60-57-54-51-48-45-42-39-37-34-32-29-26-23-20-17-14-11-8-5-2/h9,12,16,18-19,21,25,27-28,30,33,36,40-41,43-44,50,53,64H,4-8,10-11,13-15,17,20,22-24,26,29,31-32,34-35,37-39,42,45-49,51-52,54-63H2,1-3H3/b12-9-,19-16-,21-18-,28-25-,30-27-,36-33-,43-40-,44-41-,53-50-/t64-/m1/s1. The molecule has 0 saturated heterocycles. The van der Waals surface area contributed by atoms with E-state index >= 15 is 0 Å². The summed E-state index contributed by atoms with van der Waals surface area (Å²) in [5.74, 6) is -1.02. The molecule has 1 atom stereocenters. The summed E-state index contributed by atoms with van der Waals surface area (Å²) >= 11 is 0. The summed E-state index contributed by atoms with van der Waals surface area (Å²) in [5, 5.41) is 0. The smallest absolute Gasteiger partial charge is 0.306 e. The van der Waals surface area contributed by atoms with E-state index in [1.54, 1.807) is 0 Å². The minimum absolute atomic E-state index is 0.110. The molecule has 0 aromatic heterocycles. The fourth-order valence-corrected chi connectivity index (χ4v) is 8.24. The van der Waals surface area contributed by atoms with Gasteiger partial charge in [0, 0.05) is 19.3 Å². The van der Waals surface area contributed by atoms with Gasteiger partial charge in [0.2, 0.25) is 0 Å². The minimum Gasteiger partial charge on any atom is -0.462 e. The van der Waals surface area contributed by atoms with Crippen LogP contribution >= 0.6 is 0 Å². The third kappa shape index (κ3) is 58.8. The minimum atomic E-state index is -0.823. The van der Waals surface area contributed by atoms with Crippen molar-refractivity contribution in [2.75, 3.05) is 13.2 Å². The zero-order chi connectivity index (χ0) is 52.9. The SMILES string of the molecule is CC/C=C\C/C=C\C/C=C\C/C=C\CCCCCCC(=O)O[C@H](COC(=O)CC/C=C\C/C=C\C/C=C\C/C=C\C/C=C\CCCCC)COC(=O)CCCCCCCCCCCCCCCCCCCCC. The van der Waals surface area contributed by atoms with Crippen LogP contribution in [-0.2, 0) is 28.6 Å². The van der Waals surface area contributed by atoms with Crippen LogP contribution in [0.1, 0.15) is 278 Å². The number of allylic oxidation sites excluding steroid dienone is 18. The topological polar surface area (TPSA) is 78.9 Å². The summed E-state index contributed by atoms with van der Waals surface area (Å²) in [4.78, 5) is 38.2. The average Bonchev–Trinajstić information content (AvgIpc) is 3.39. The molecule has 0 N–H and O–H groups in total. The molecule has 0 radical (unpaired) electrons. The molecule has 0 aliphatic rings. The van der Waals surface area contributed by atoms with Crippen molar-refractivity contribution in [3.05, 3.63) is 109 Å². The van der Waals surface area contributed by atoms with Gasteiger partial charge in [0.1, 0.15) is 13.2 Å². The second-order valence-corrected chi connectivity index (χ2v) is 19.9. The fraction of sp³-hybridized carbons (Fsp3) is 0.687. The molecule has 6 heteroatoms. The highest BCUT2D eigenvalue weighted by atomic mass is 16.6. The maximum Gasteiger partial charge on any atom is 0.306 e. The van der Waals surface area contributed by atoms with Gasteiger partial charge in [-0.1, -0.05) is 271 Å². The van der Waals surface area contributed by atoms with Crippen LogP contribution in [-0.4, -0.2) is 37.2 Å². The molecule has 0 unspecified atom stereocenters. The van der Waals surface area contributed by atoms with Crippen LogP contribution in [0.2, 0.25) is 0 Å². The van der Waals surface area contributed by atoms with Crippen LogP contribution in [0.4, 0.5) is 0 Å². The number of carbonyl (C=O) groups excluding carboxylic acids is 3. The summed E-state index contributed by atoms with van der Waals surface area (Å²) in [6.45, 7) is 6.43. The molecule has 73 heavy (non-hydrogen) atoms. The molecule has 0 aromatic carbocycles. The molecule has 0 spiro atoms. The monoisotopic (exact) mass is 1010 g/mol. The first-order chi connectivity index (χ1) is 36.0. The van der Waals surface area contributed by atoms with Gasteiger partial charge in [0.15, 0.2) is 6.10 Å². The second-order valence-electron chi connectivity index (χ2n) is 19.9. The Morgan fingerprint density at radius 3 is 0.945 bits per heavy atom. The van der Waals surface area contributed by atoms with E-state index in [1.165, 1.54) is 128 Å². The Hall–Kier alpha value is -3.93. The maximum absolute atomic E-state index is 12.9. The Morgan fingerprint density at radius 1 is 0.288 bits per heavy atom. The molecule has 0 heterocycles. The predicted molar refractivity (Wildman–Crippen MR) is 316 cm³/mol. The Labute approximate surface area is 450 Å². The van der Waals surface area contributed by atoms with Gasteiger partial charge in [-0.2, -0.15) is 0 Å². The van der Waals surface area contributed by atoms with Crippen LogP contribution in [0.15, 0.2) is 109 Å². The van der Waals surface area contributed by atoms with Crippen LogP contribution < -0.4 is 0 Å². The number of hydrogen-bond acceptors (Lipinski definition) is 6. The normalized spacial score (nSPS) is 12.9. The predicted octanol–water partition coefficient (Wildman–Crippen LogP) is 20.7. The highest BCUT2D eigenvalue weighted by Gasteiger charge is 2.19. The van der Waals surface area contributed by atoms with Crippen molar-refractivity contribution in [3.8, 4) is 0 Å². The van der Waals surface area contributed by atoms with E-state index < -0.39 is 6.10 Å². The Balaban J connectivity index is 4.51. The fourth-order valence-electron chi connectivity index (χ4n) is 8.24. The van der Waals surface area contributed by atoms with Crippen LogP contribution in [0.3, 0.4) is 0 Å². The molecule has 0 amide bonds. The van der Waals surface area contributed by atoms with Gasteiger partial charge >= 0.3 is 17.9 Å². The van der Waals surface area contributed by atoms with Gasteiger partial charge in [-0.3, -0.25) is 14.4 Å². The van der Waals surface area contributed by atoms with Crippen molar-refractivity contribution in [1.82, 2.24) is 0 Å². The summed E-state index contributed by atoms with van der Waals surface area (Å²) in [7, 11) is 0. The van der Waals surface area contributed by atoms with E-state index in [9.17, 15) is 14.4 Å². The lowest BCUT2D eigenvalue weighted by molar-refractivity contribution is -0.166. The molecule has 0 aliphatic heterocycles. The Kier molecular flexibility index (Phi) is 57.4. The third-order valence-corrected chi connectivity index (χ3v) is 12.8. The molecule has 0 saturated carbocycles. The van der Waals surface area contributed by atoms with Gasteiger partial charge in [0.25, 0.3) is 0 Å². The van der Waals surface area contributed by atoms with Crippen LogP contribution in [0, 0.1) is 0 Å². The molecule has 0 rings (SSSR count). The van der Waals surface area contributed by atoms with Crippen LogP contribution in [0.5, 0.6) is 0 Å². The van der Waals surface area contributed by atoms with E-state index in [4.69, 9.17) is 14.2 Å².